The number of hydrogen-bond acceptors (Lipinski definition) is 9. The number of nitrogens with one attached hydrogen (secondary N) is 1. The number of anilines is 1. The standard InChI is InChI=1S/C11H14N6O5/c1-13-11-14-4-7(15-10(12)16-8(4)21)17(11)9-6(20)5(19)3(2-18)22-9/h3,5-6,9,18-20H,1-2H2,(H3,12,15,16,21)/t3-,5-,6-,9-/m1/s1. The molecule has 0 amide bonds. The van der Waals surface area contributed by atoms with Crippen LogP contribution in [0.5, 0.6) is 0 Å². The molecule has 1 aliphatic heterocycles. The molecule has 4 atom stereocenters. The van der Waals surface area contributed by atoms with Crippen molar-refractivity contribution < 1.29 is 20.1 Å². The first-order chi connectivity index (χ1) is 10.5. The molecule has 1 fully saturated rings. The predicted octanol–water partition coefficient (Wildman–Crippen LogP) is -2.35. The van der Waals surface area contributed by atoms with Crippen LogP contribution in [0.1, 0.15) is 6.23 Å². The van der Waals surface area contributed by atoms with Gasteiger partial charge in [-0.3, -0.25) is 14.3 Å². The number of ether oxygens (including phenoxy) is 1. The zero-order valence-electron chi connectivity index (χ0n) is 11.2. The number of nitrogens with zero attached hydrogens (tertiary/aromatic N) is 4. The smallest absolute Gasteiger partial charge is 0.280 e. The lowest BCUT2D eigenvalue weighted by atomic mass is 10.1. The van der Waals surface area contributed by atoms with Gasteiger partial charge in [-0.1, -0.05) is 0 Å². The van der Waals surface area contributed by atoms with E-state index in [4.69, 9.17) is 15.6 Å². The molecule has 2 aromatic heterocycles. The Balaban J connectivity index is 2.22. The first kappa shape index (κ1) is 14.6. The van der Waals surface area contributed by atoms with Crippen LogP contribution >= 0.6 is 0 Å². The van der Waals surface area contributed by atoms with Crippen molar-refractivity contribution in [2.24, 2.45) is 4.99 Å². The van der Waals surface area contributed by atoms with Crippen LogP contribution in [-0.4, -0.2) is 66.5 Å². The molecule has 0 radical (unpaired) electrons. The average Bonchev–Trinajstić information content (AvgIpc) is 2.98. The van der Waals surface area contributed by atoms with Crippen molar-refractivity contribution in [3.63, 3.8) is 0 Å². The Labute approximate surface area is 122 Å². The van der Waals surface area contributed by atoms with E-state index in [1.54, 1.807) is 0 Å². The summed E-state index contributed by atoms with van der Waals surface area (Å²) < 4.78 is 6.61. The molecular weight excluding hydrogens is 296 g/mol. The van der Waals surface area contributed by atoms with Gasteiger partial charge in [0.25, 0.3) is 5.56 Å². The maximum atomic E-state index is 11.9. The highest BCUT2D eigenvalue weighted by Gasteiger charge is 2.45. The maximum absolute atomic E-state index is 11.9. The molecule has 1 aliphatic rings. The van der Waals surface area contributed by atoms with E-state index in [1.165, 1.54) is 4.57 Å². The van der Waals surface area contributed by atoms with E-state index in [-0.39, 0.29) is 23.1 Å². The van der Waals surface area contributed by atoms with Crippen molar-refractivity contribution in [2.45, 2.75) is 24.5 Å². The van der Waals surface area contributed by atoms with Crippen molar-refractivity contribution in [1.82, 2.24) is 19.5 Å². The summed E-state index contributed by atoms with van der Waals surface area (Å²) in [5.41, 5.74) is 4.89. The summed E-state index contributed by atoms with van der Waals surface area (Å²) in [5.74, 6) is -0.186. The highest BCUT2D eigenvalue weighted by Crippen LogP contribution is 2.34. The number of hydrogen-bond donors (Lipinski definition) is 5. The molecule has 0 bridgehead atoms. The molecule has 0 spiro atoms. The summed E-state index contributed by atoms with van der Waals surface area (Å²) in [4.78, 5) is 25.7. The SMILES string of the molecule is C=Nc1nc2c(=O)[nH]c(N)nc2n1[C@@H]1O[C@H](CO)[C@@H](O)[C@H]1O. The first-order valence-electron chi connectivity index (χ1n) is 6.34. The molecule has 3 rings (SSSR count). The molecule has 11 heteroatoms. The third-order valence-electron chi connectivity index (χ3n) is 3.46. The van der Waals surface area contributed by atoms with Gasteiger partial charge in [-0.2, -0.15) is 4.98 Å². The Kier molecular flexibility index (Phi) is 3.41. The molecular formula is C11H14N6O5. The van der Waals surface area contributed by atoms with Crippen LogP contribution in [0.2, 0.25) is 0 Å². The van der Waals surface area contributed by atoms with E-state index in [1.807, 2.05) is 0 Å². The van der Waals surface area contributed by atoms with E-state index in [0.29, 0.717) is 0 Å². The van der Waals surface area contributed by atoms with Crippen LogP contribution in [0.3, 0.4) is 0 Å². The third-order valence-corrected chi connectivity index (χ3v) is 3.46. The van der Waals surface area contributed by atoms with Crippen molar-refractivity contribution in [1.29, 1.82) is 0 Å². The van der Waals surface area contributed by atoms with E-state index < -0.39 is 36.7 Å². The lowest BCUT2D eigenvalue weighted by molar-refractivity contribution is -0.0502. The van der Waals surface area contributed by atoms with Gasteiger partial charge in [0.15, 0.2) is 17.4 Å². The number of imidazole rings is 1. The number of rotatable bonds is 3. The van der Waals surface area contributed by atoms with Crippen molar-refractivity contribution in [3.8, 4) is 0 Å². The second kappa shape index (κ2) is 5.14. The summed E-state index contributed by atoms with van der Waals surface area (Å²) >= 11 is 0. The number of aromatic amines is 1. The molecule has 0 aromatic carbocycles. The van der Waals surface area contributed by atoms with Gasteiger partial charge in [0.2, 0.25) is 11.9 Å². The number of nitrogens with two attached hydrogens (primary N) is 1. The van der Waals surface area contributed by atoms with Gasteiger partial charge in [-0.25, -0.2) is 9.98 Å². The Bertz CT molecular complexity index is 785. The van der Waals surface area contributed by atoms with Crippen LogP contribution in [0.25, 0.3) is 11.2 Å². The number of H-pyrrole nitrogens is 1. The quantitative estimate of drug-likeness (QED) is 0.392. The van der Waals surface area contributed by atoms with Crippen molar-refractivity contribution in [2.75, 3.05) is 12.3 Å². The number of aromatic nitrogens is 4. The molecule has 2 aromatic rings. The number of aliphatic imine (C=N–C) groups is 1. The van der Waals surface area contributed by atoms with Gasteiger partial charge in [-0.15, -0.1) is 0 Å². The highest BCUT2D eigenvalue weighted by molar-refractivity contribution is 5.74. The lowest BCUT2D eigenvalue weighted by Gasteiger charge is -2.17. The fourth-order valence-electron chi connectivity index (χ4n) is 2.43. The number of aliphatic hydroxyl groups is 3. The second-order valence-corrected chi connectivity index (χ2v) is 4.79. The minimum Gasteiger partial charge on any atom is -0.394 e. The number of aliphatic hydroxyl groups excluding tert-OH is 3. The van der Waals surface area contributed by atoms with Gasteiger partial charge in [0, 0.05) is 0 Å². The molecule has 1 saturated heterocycles. The summed E-state index contributed by atoms with van der Waals surface area (Å²) in [7, 11) is 0. The van der Waals surface area contributed by atoms with Crippen molar-refractivity contribution in [3.05, 3.63) is 10.4 Å². The monoisotopic (exact) mass is 310 g/mol. The van der Waals surface area contributed by atoms with Gasteiger partial charge in [-0.05, 0) is 6.72 Å². The van der Waals surface area contributed by atoms with E-state index in [0.717, 1.165) is 0 Å². The molecule has 0 saturated carbocycles. The Morgan fingerprint density at radius 3 is 2.73 bits per heavy atom. The largest absolute Gasteiger partial charge is 0.394 e. The molecule has 118 valence electrons. The van der Waals surface area contributed by atoms with Gasteiger partial charge >= 0.3 is 0 Å². The number of fused-ring (bicyclic) bond motifs is 1. The minimum absolute atomic E-state index is 0.0264. The predicted molar refractivity (Wildman–Crippen MR) is 74.8 cm³/mol. The Hall–Kier alpha value is -2.34. The zero-order valence-corrected chi connectivity index (χ0v) is 11.2. The maximum Gasteiger partial charge on any atom is 0.280 e. The normalized spacial score (nSPS) is 28.3. The van der Waals surface area contributed by atoms with Crippen LogP contribution in [0, 0.1) is 0 Å². The molecule has 6 N–H and O–H groups in total. The summed E-state index contributed by atoms with van der Waals surface area (Å²) in [6.45, 7) is 2.85. The number of nitrogen functional groups attached to an aromatic ring is 1. The summed E-state index contributed by atoms with van der Waals surface area (Å²) in [6, 6.07) is 0. The molecule has 0 aliphatic carbocycles. The average molecular weight is 310 g/mol. The fourth-order valence-corrected chi connectivity index (χ4v) is 2.43. The Morgan fingerprint density at radius 1 is 1.41 bits per heavy atom. The van der Waals surface area contributed by atoms with E-state index >= 15 is 0 Å². The molecule has 22 heavy (non-hydrogen) atoms. The summed E-state index contributed by atoms with van der Waals surface area (Å²) in [6.07, 6.45) is -4.83. The van der Waals surface area contributed by atoms with Gasteiger partial charge in [0.1, 0.15) is 18.3 Å². The molecule has 3 heterocycles. The highest BCUT2D eigenvalue weighted by atomic mass is 16.6. The van der Waals surface area contributed by atoms with E-state index in [2.05, 4.69) is 26.7 Å². The van der Waals surface area contributed by atoms with Crippen LogP contribution in [-0.2, 0) is 4.74 Å². The summed E-state index contributed by atoms with van der Waals surface area (Å²) in [5, 5.41) is 29.1. The lowest BCUT2D eigenvalue weighted by Crippen LogP contribution is -2.33. The first-order valence-corrected chi connectivity index (χ1v) is 6.34. The van der Waals surface area contributed by atoms with E-state index in [9.17, 15) is 15.0 Å². The topological polar surface area (TPSA) is 172 Å². The van der Waals surface area contributed by atoms with Crippen molar-refractivity contribution >= 4 is 29.8 Å². The Morgan fingerprint density at radius 2 is 2.14 bits per heavy atom. The fraction of sp³-hybridized carbons (Fsp3) is 0.455. The van der Waals surface area contributed by atoms with Crippen LogP contribution in [0.15, 0.2) is 9.79 Å². The minimum atomic E-state index is -1.38. The zero-order chi connectivity index (χ0) is 16.0. The third kappa shape index (κ3) is 1.99. The second-order valence-electron chi connectivity index (χ2n) is 4.79. The molecule has 0 unspecified atom stereocenters. The van der Waals surface area contributed by atoms with Crippen LogP contribution < -0.4 is 11.3 Å². The van der Waals surface area contributed by atoms with Crippen LogP contribution in [0.4, 0.5) is 11.9 Å². The van der Waals surface area contributed by atoms with Gasteiger partial charge < -0.3 is 25.8 Å². The molecule has 11 nitrogen and oxygen atoms in total. The van der Waals surface area contributed by atoms with Gasteiger partial charge in [0.05, 0.1) is 6.61 Å².